The normalized spacial score (nSPS) is 10.0. The number of benzene rings is 1. The number of phenolic OH excluding ortho intramolecular Hbond substituents is 1. The van der Waals surface area contributed by atoms with Gasteiger partial charge in [0.2, 0.25) is 0 Å². The van der Waals surface area contributed by atoms with E-state index in [-0.39, 0.29) is 21.5 Å². The highest BCUT2D eigenvalue weighted by atomic mass is 79.9. The van der Waals surface area contributed by atoms with E-state index in [9.17, 15) is 14.3 Å². The van der Waals surface area contributed by atoms with Gasteiger partial charge in [0.25, 0.3) is 0 Å². The molecule has 0 aromatic heterocycles. The van der Waals surface area contributed by atoms with Crippen molar-refractivity contribution in [2.24, 2.45) is 0 Å². The molecule has 0 heterocycles. The van der Waals surface area contributed by atoms with E-state index in [0.717, 1.165) is 6.07 Å². The van der Waals surface area contributed by atoms with Crippen molar-refractivity contribution in [3.8, 4) is 11.5 Å². The van der Waals surface area contributed by atoms with Gasteiger partial charge in [-0.3, -0.25) is 4.79 Å². The molecule has 0 fully saturated rings. The second-order valence-corrected chi connectivity index (χ2v) is 3.51. The number of methoxy groups -OCH3 is 1. The molecular formula is C9H8BrFO3. The number of phenols is 1. The van der Waals surface area contributed by atoms with Crippen molar-refractivity contribution in [3.63, 3.8) is 0 Å². The maximum atomic E-state index is 13.4. The molecule has 0 saturated heterocycles. The van der Waals surface area contributed by atoms with Gasteiger partial charge in [0, 0.05) is 6.07 Å². The van der Waals surface area contributed by atoms with Gasteiger partial charge in [-0.1, -0.05) is 0 Å². The minimum atomic E-state index is -0.729. The molecule has 0 atom stereocenters. The van der Waals surface area contributed by atoms with Crippen LogP contribution in [0.15, 0.2) is 10.5 Å². The predicted molar refractivity (Wildman–Crippen MR) is 52.3 cm³/mol. The summed E-state index contributed by atoms with van der Waals surface area (Å²) in [7, 11) is 1.26. The highest BCUT2D eigenvalue weighted by molar-refractivity contribution is 9.10. The van der Waals surface area contributed by atoms with Crippen molar-refractivity contribution < 1.29 is 19.0 Å². The van der Waals surface area contributed by atoms with Crippen LogP contribution in [0.2, 0.25) is 0 Å². The Balaban J connectivity index is 3.56. The lowest BCUT2D eigenvalue weighted by Gasteiger charge is -2.09. The van der Waals surface area contributed by atoms with Gasteiger partial charge in [-0.15, -0.1) is 0 Å². The number of hydrogen-bond donors (Lipinski definition) is 1. The largest absolute Gasteiger partial charge is 0.504 e. The van der Waals surface area contributed by atoms with Gasteiger partial charge in [-0.25, -0.2) is 4.39 Å². The molecule has 0 amide bonds. The molecule has 0 unspecified atom stereocenters. The minimum Gasteiger partial charge on any atom is -0.504 e. The average molecular weight is 263 g/mol. The van der Waals surface area contributed by atoms with Gasteiger partial charge in [0.05, 0.1) is 17.1 Å². The van der Waals surface area contributed by atoms with Crippen molar-refractivity contribution in [1.82, 2.24) is 0 Å². The first kappa shape index (κ1) is 11.0. The summed E-state index contributed by atoms with van der Waals surface area (Å²) in [4.78, 5) is 11.1. The topological polar surface area (TPSA) is 46.5 Å². The van der Waals surface area contributed by atoms with Gasteiger partial charge in [0.1, 0.15) is 0 Å². The van der Waals surface area contributed by atoms with E-state index in [1.165, 1.54) is 14.0 Å². The summed E-state index contributed by atoms with van der Waals surface area (Å²) in [6.07, 6.45) is 0. The Morgan fingerprint density at radius 3 is 2.64 bits per heavy atom. The molecule has 5 heteroatoms. The number of Topliss-reactive ketones (excluding diaryl/α,β-unsaturated/α-hetero) is 1. The molecule has 1 aromatic carbocycles. The van der Waals surface area contributed by atoms with Crippen LogP contribution in [0, 0.1) is 5.82 Å². The average Bonchev–Trinajstić information content (AvgIpc) is 2.10. The summed E-state index contributed by atoms with van der Waals surface area (Å²) in [5, 5.41) is 9.37. The van der Waals surface area contributed by atoms with Crippen molar-refractivity contribution in [2.75, 3.05) is 7.11 Å². The number of hydrogen-bond acceptors (Lipinski definition) is 3. The standard InChI is InChI=1S/C9H8BrFO3/c1-4(12)7-8(11)5(10)3-6(13)9(7)14-2/h3,13H,1-2H3. The minimum absolute atomic E-state index is 0.0287. The maximum Gasteiger partial charge on any atom is 0.174 e. The van der Waals surface area contributed by atoms with Crippen molar-refractivity contribution in [2.45, 2.75) is 6.92 Å². The fraction of sp³-hybridized carbons (Fsp3) is 0.222. The zero-order chi connectivity index (χ0) is 10.9. The zero-order valence-corrected chi connectivity index (χ0v) is 9.18. The zero-order valence-electron chi connectivity index (χ0n) is 7.60. The van der Waals surface area contributed by atoms with Crippen LogP contribution in [-0.2, 0) is 0 Å². The Kier molecular flexibility index (Phi) is 3.10. The first-order valence-electron chi connectivity index (χ1n) is 3.75. The molecule has 14 heavy (non-hydrogen) atoms. The number of carbonyl (C=O) groups is 1. The molecule has 1 N–H and O–H groups in total. The van der Waals surface area contributed by atoms with Crippen LogP contribution in [0.3, 0.4) is 0 Å². The highest BCUT2D eigenvalue weighted by Crippen LogP contribution is 2.36. The molecular weight excluding hydrogens is 255 g/mol. The van der Waals surface area contributed by atoms with Gasteiger partial charge in [0.15, 0.2) is 23.1 Å². The van der Waals surface area contributed by atoms with Gasteiger partial charge < -0.3 is 9.84 Å². The van der Waals surface area contributed by atoms with E-state index >= 15 is 0 Å². The Labute approximate surface area is 88.6 Å². The molecule has 0 aliphatic carbocycles. The van der Waals surface area contributed by atoms with E-state index in [1.807, 2.05) is 0 Å². The quantitative estimate of drug-likeness (QED) is 0.834. The van der Waals surface area contributed by atoms with Gasteiger partial charge >= 0.3 is 0 Å². The molecule has 0 spiro atoms. The summed E-state index contributed by atoms with van der Waals surface area (Å²) in [6, 6.07) is 1.14. The fourth-order valence-electron chi connectivity index (χ4n) is 1.12. The molecule has 0 aliphatic rings. The predicted octanol–water partition coefficient (Wildman–Crippen LogP) is 2.51. The summed E-state index contributed by atoms with van der Waals surface area (Å²) >= 11 is 2.89. The van der Waals surface area contributed by atoms with E-state index in [1.54, 1.807) is 0 Å². The Hall–Kier alpha value is -1.10. The Morgan fingerprint density at radius 1 is 1.64 bits per heavy atom. The monoisotopic (exact) mass is 262 g/mol. The number of carbonyl (C=O) groups excluding carboxylic acids is 1. The summed E-state index contributed by atoms with van der Waals surface area (Å²) in [5.74, 6) is -1.65. The lowest BCUT2D eigenvalue weighted by atomic mass is 10.1. The molecule has 1 rings (SSSR count). The third-order valence-electron chi connectivity index (χ3n) is 1.71. The Bertz CT molecular complexity index is 390. The third-order valence-corrected chi connectivity index (χ3v) is 2.29. The van der Waals surface area contributed by atoms with Crippen LogP contribution in [0.25, 0.3) is 0 Å². The summed E-state index contributed by atoms with van der Waals surface area (Å²) in [6.45, 7) is 1.20. The lowest BCUT2D eigenvalue weighted by Crippen LogP contribution is -2.02. The van der Waals surface area contributed by atoms with Crippen LogP contribution in [-0.4, -0.2) is 18.0 Å². The lowest BCUT2D eigenvalue weighted by molar-refractivity contribution is 0.101. The van der Waals surface area contributed by atoms with Crippen LogP contribution >= 0.6 is 15.9 Å². The van der Waals surface area contributed by atoms with E-state index < -0.39 is 11.6 Å². The number of halogens is 2. The van der Waals surface area contributed by atoms with Crippen molar-refractivity contribution >= 4 is 21.7 Å². The number of ketones is 1. The summed E-state index contributed by atoms with van der Waals surface area (Å²) < 4.78 is 18.2. The van der Waals surface area contributed by atoms with Crippen molar-refractivity contribution in [3.05, 3.63) is 21.9 Å². The molecule has 76 valence electrons. The number of ether oxygens (including phenoxy) is 1. The smallest absolute Gasteiger partial charge is 0.174 e. The van der Waals surface area contributed by atoms with E-state index in [4.69, 9.17) is 4.74 Å². The molecule has 0 bridgehead atoms. The third kappa shape index (κ3) is 1.72. The second-order valence-electron chi connectivity index (χ2n) is 2.66. The van der Waals surface area contributed by atoms with Gasteiger partial charge in [-0.2, -0.15) is 0 Å². The molecule has 1 aromatic rings. The second kappa shape index (κ2) is 3.96. The molecule has 0 saturated carbocycles. The highest BCUT2D eigenvalue weighted by Gasteiger charge is 2.20. The van der Waals surface area contributed by atoms with Crippen LogP contribution in [0.1, 0.15) is 17.3 Å². The number of aromatic hydroxyl groups is 1. The molecule has 0 aliphatic heterocycles. The van der Waals surface area contributed by atoms with Gasteiger partial charge in [-0.05, 0) is 22.9 Å². The van der Waals surface area contributed by atoms with Crippen LogP contribution in [0.5, 0.6) is 11.5 Å². The fourth-order valence-corrected chi connectivity index (χ4v) is 1.53. The molecule has 0 radical (unpaired) electrons. The first-order chi connectivity index (χ1) is 6.49. The maximum absolute atomic E-state index is 13.4. The molecule has 3 nitrogen and oxygen atoms in total. The van der Waals surface area contributed by atoms with Crippen molar-refractivity contribution in [1.29, 1.82) is 0 Å². The Morgan fingerprint density at radius 2 is 2.21 bits per heavy atom. The summed E-state index contributed by atoms with van der Waals surface area (Å²) in [5.41, 5.74) is -0.251. The van der Waals surface area contributed by atoms with Crippen LogP contribution in [0.4, 0.5) is 4.39 Å². The number of rotatable bonds is 2. The van der Waals surface area contributed by atoms with Crippen LogP contribution < -0.4 is 4.74 Å². The van der Waals surface area contributed by atoms with E-state index in [2.05, 4.69) is 15.9 Å². The SMILES string of the molecule is COc1c(O)cc(Br)c(F)c1C(C)=O. The first-order valence-corrected chi connectivity index (χ1v) is 4.54. The van der Waals surface area contributed by atoms with E-state index in [0.29, 0.717) is 0 Å².